The highest BCUT2D eigenvalue weighted by Gasteiger charge is 2.32. The fourth-order valence-electron chi connectivity index (χ4n) is 2.16. The van der Waals surface area contributed by atoms with E-state index in [1.54, 1.807) is 12.4 Å². The van der Waals surface area contributed by atoms with Crippen LogP contribution in [0.5, 0.6) is 0 Å². The molecule has 1 aliphatic carbocycles. The van der Waals surface area contributed by atoms with E-state index in [1.165, 1.54) is 5.56 Å². The maximum Gasteiger partial charge on any atom is 0.109 e. The zero-order valence-electron chi connectivity index (χ0n) is 9.44. The van der Waals surface area contributed by atoms with Gasteiger partial charge in [-0.05, 0) is 30.5 Å². The minimum atomic E-state index is -0.631. The first kappa shape index (κ1) is 10.4. The first-order valence-electron chi connectivity index (χ1n) is 5.88. The highest BCUT2D eigenvalue weighted by molar-refractivity contribution is 5.19. The molecule has 3 rings (SSSR count). The minimum Gasteiger partial charge on any atom is -0.348 e. The lowest BCUT2D eigenvalue weighted by Crippen LogP contribution is -2.23. The van der Waals surface area contributed by atoms with Crippen molar-refractivity contribution in [3.8, 4) is 0 Å². The third-order valence-electron chi connectivity index (χ3n) is 3.25. The number of hydrogen-bond donors (Lipinski definition) is 1. The maximum absolute atomic E-state index is 12.8. The van der Waals surface area contributed by atoms with Gasteiger partial charge in [0, 0.05) is 30.9 Å². The first-order chi connectivity index (χ1) is 8.31. The van der Waals surface area contributed by atoms with Crippen LogP contribution in [0.1, 0.15) is 35.8 Å². The SMILES string of the molecule is F[C@H]1C[C@@H](c2nc(Cc3ccncc3)c[nH]2)C1. The van der Waals surface area contributed by atoms with Crippen LogP contribution in [-0.2, 0) is 6.42 Å². The van der Waals surface area contributed by atoms with Crippen LogP contribution in [0.15, 0.2) is 30.7 Å². The fourth-order valence-corrected chi connectivity index (χ4v) is 2.16. The molecule has 0 aromatic carbocycles. The average molecular weight is 231 g/mol. The third-order valence-corrected chi connectivity index (χ3v) is 3.25. The van der Waals surface area contributed by atoms with Gasteiger partial charge in [0.15, 0.2) is 0 Å². The van der Waals surface area contributed by atoms with Crippen LogP contribution >= 0.6 is 0 Å². The summed E-state index contributed by atoms with van der Waals surface area (Å²) in [5.41, 5.74) is 2.20. The van der Waals surface area contributed by atoms with Crippen LogP contribution in [0, 0.1) is 0 Å². The number of nitrogens with one attached hydrogen (secondary N) is 1. The maximum atomic E-state index is 12.8. The smallest absolute Gasteiger partial charge is 0.109 e. The van der Waals surface area contributed by atoms with Crippen LogP contribution in [0.4, 0.5) is 4.39 Å². The van der Waals surface area contributed by atoms with E-state index in [9.17, 15) is 4.39 Å². The Labute approximate surface area is 99.1 Å². The van der Waals surface area contributed by atoms with Crippen LogP contribution < -0.4 is 0 Å². The molecule has 0 atom stereocenters. The number of alkyl halides is 1. The van der Waals surface area contributed by atoms with Crippen molar-refractivity contribution in [2.24, 2.45) is 0 Å². The van der Waals surface area contributed by atoms with Crippen LogP contribution in [0.2, 0.25) is 0 Å². The van der Waals surface area contributed by atoms with E-state index in [1.807, 2.05) is 18.3 Å². The zero-order chi connectivity index (χ0) is 11.7. The number of rotatable bonds is 3. The number of hydrogen-bond acceptors (Lipinski definition) is 2. The van der Waals surface area contributed by atoms with Gasteiger partial charge in [0.25, 0.3) is 0 Å². The summed E-state index contributed by atoms with van der Waals surface area (Å²) in [6.07, 6.45) is 6.87. The number of halogens is 1. The normalized spacial score (nSPS) is 23.4. The fraction of sp³-hybridized carbons (Fsp3) is 0.385. The summed E-state index contributed by atoms with van der Waals surface area (Å²) in [7, 11) is 0. The van der Waals surface area contributed by atoms with Crippen LogP contribution in [0.25, 0.3) is 0 Å². The van der Waals surface area contributed by atoms with Gasteiger partial charge in [-0.3, -0.25) is 4.98 Å². The molecule has 0 aliphatic heterocycles. The second-order valence-electron chi connectivity index (χ2n) is 4.57. The zero-order valence-corrected chi connectivity index (χ0v) is 9.44. The summed E-state index contributed by atoms with van der Waals surface area (Å²) in [4.78, 5) is 11.7. The summed E-state index contributed by atoms with van der Waals surface area (Å²) < 4.78 is 12.8. The number of nitrogens with zero attached hydrogens (tertiary/aromatic N) is 2. The summed E-state index contributed by atoms with van der Waals surface area (Å²) in [5, 5.41) is 0. The van der Waals surface area contributed by atoms with Gasteiger partial charge in [0.1, 0.15) is 12.0 Å². The summed E-state index contributed by atoms with van der Waals surface area (Å²) in [5.74, 6) is 1.22. The highest BCUT2D eigenvalue weighted by atomic mass is 19.1. The van der Waals surface area contributed by atoms with E-state index in [0.717, 1.165) is 17.9 Å². The Morgan fingerprint density at radius 2 is 2.06 bits per heavy atom. The molecule has 0 radical (unpaired) electrons. The standard InChI is InChI=1S/C13H14FN3/c14-11-6-10(7-11)13-16-8-12(17-13)5-9-1-3-15-4-2-9/h1-4,8,10-11H,5-7H2,(H,16,17)/t10-,11+. The summed E-state index contributed by atoms with van der Waals surface area (Å²) in [6, 6.07) is 3.96. The van der Waals surface area contributed by atoms with E-state index in [0.29, 0.717) is 12.8 Å². The molecule has 1 saturated carbocycles. The quantitative estimate of drug-likeness (QED) is 0.882. The topological polar surface area (TPSA) is 41.6 Å². The molecule has 4 heteroatoms. The van der Waals surface area contributed by atoms with Crippen LogP contribution in [0.3, 0.4) is 0 Å². The van der Waals surface area contributed by atoms with E-state index in [-0.39, 0.29) is 5.92 Å². The lowest BCUT2D eigenvalue weighted by atomic mass is 9.83. The molecule has 0 saturated heterocycles. The molecule has 1 aliphatic rings. The van der Waals surface area contributed by atoms with Gasteiger partial charge in [-0.2, -0.15) is 0 Å². The average Bonchev–Trinajstić information content (AvgIpc) is 2.74. The van der Waals surface area contributed by atoms with E-state index >= 15 is 0 Å². The Bertz CT molecular complexity index is 488. The van der Waals surface area contributed by atoms with Gasteiger partial charge >= 0.3 is 0 Å². The van der Waals surface area contributed by atoms with Crippen molar-refractivity contribution in [3.05, 3.63) is 47.8 Å². The van der Waals surface area contributed by atoms with Crippen molar-refractivity contribution in [3.63, 3.8) is 0 Å². The molecular weight excluding hydrogens is 217 g/mol. The van der Waals surface area contributed by atoms with E-state index < -0.39 is 6.17 Å². The van der Waals surface area contributed by atoms with Crippen LogP contribution in [-0.4, -0.2) is 21.1 Å². The number of aromatic amines is 1. The Morgan fingerprint density at radius 3 is 2.76 bits per heavy atom. The predicted octanol–water partition coefficient (Wildman–Crippen LogP) is 2.61. The van der Waals surface area contributed by atoms with Crippen molar-refractivity contribution < 1.29 is 4.39 Å². The molecule has 1 N–H and O–H groups in total. The molecule has 1 fully saturated rings. The predicted molar refractivity (Wildman–Crippen MR) is 62.5 cm³/mol. The Kier molecular flexibility index (Phi) is 2.63. The summed E-state index contributed by atoms with van der Waals surface area (Å²) >= 11 is 0. The van der Waals surface area contributed by atoms with E-state index in [2.05, 4.69) is 15.0 Å². The number of pyridine rings is 1. The second-order valence-corrected chi connectivity index (χ2v) is 4.57. The molecule has 2 heterocycles. The molecule has 17 heavy (non-hydrogen) atoms. The number of aromatic nitrogens is 3. The Morgan fingerprint density at radius 1 is 1.29 bits per heavy atom. The Hall–Kier alpha value is -1.71. The lowest BCUT2D eigenvalue weighted by Gasteiger charge is -2.27. The lowest BCUT2D eigenvalue weighted by molar-refractivity contribution is 0.174. The van der Waals surface area contributed by atoms with Crippen molar-refractivity contribution in [1.82, 2.24) is 15.0 Å². The Balaban J connectivity index is 1.69. The molecule has 0 amide bonds. The number of H-pyrrole nitrogens is 1. The molecule has 0 bridgehead atoms. The summed E-state index contributed by atoms with van der Waals surface area (Å²) in [6.45, 7) is 0. The molecular formula is C13H14FN3. The monoisotopic (exact) mass is 231 g/mol. The van der Waals surface area contributed by atoms with Gasteiger partial charge in [0.05, 0.1) is 5.69 Å². The molecule has 0 spiro atoms. The van der Waals surface area contributed by atoms with Crippen molar-refractivity contribution >= 4 is 0 Å². The largest absolute Gasteiger partial charge is 0.348 e. The molecule has 0 unspecified atom stereocenters. The van der Waals surface area contributed by atoms with Gasteiger partial charge < -0.3 is 4.98 Å². The minimum absolute atomic E-state index is 0.288. The van der Waals surface area contributed by atoms with Gasteiger partial charge in [-0.25, -0.2) is 9.37 Å². The van der Waals surface area contributed by atoms with E-state index in [4.69, 9.17) is 0 Å². The van der Waals surface area contributed by atoms with Crippen molar-refractivity contribution in [2.75, 3.05) is 0 Å². The third kappa shape index (κ3) is 2.20. The van der Waals surface area contributed by atoms with Gasteiger partial charge in [-0.15, -0.1) is 0 Å². The molecule has 2 aromatic rings. The molecule has 88 valence electrons. The molecule has 2 aromatic heterocycles. The van der Waals surface area contributed by atoms with Gasteiger partial charge in [-0.1, -0.05) is 0 Å². The van der Waals surface area contributed by atoms with Crippen molar-refractivity contribution in [1.29, 1.82) is 0 Å². The highest BCUT2D eigenvalue weighted by Crippen LogP contribution is 2.37. The molecule has 3 nitrogen and oxygen atoms in total. The van der Waals surface area contributed by atoms with Crippen molar-refractivity contribution in [2.45, 2.75) is 31.4 Å². The van der Waals surface area contributed by atoms with Gasteiger partial charge in [0.2, 0.25) is 0 Å². The number of imidazole rings is 1. The first-order valence-corrected chi connectivity index (χ1v) is 5.88. The second kappa shape index (κ2) is 4.28.